The number of nitrogens with one attached hydrogen (secondary N) is 1. The molecule has 1 N–H and O–H groups in total. The quantitative estimate of drug-likeness (QED) is 0.810. The lowest BCUT2D eigenvalue weighted by Gasteiger charge is -2.10. The van der Waals surface area contributed by atoms with Crippen LogP contribution in [0.3, 0.4) is 0 Å². The third kappa shape index (κ3) is 2.39. The van der Waals surface area contributed by atoms with Crippen LogP contribution in [-0.2, 0) is 0 Å². The van der Waals surface area contributed by atoms with Crippen molar-refractivity contribution < 1.29 is 0 Å². The number of halogens is 1. The van der Waals surface area contributed by atoms with Crippen LogP contribution in [0.4, 0.5) is 0 Å². The molecule has 1 atom stereocenters. The highest BCUT2D eigenvalue weighted by Crippen LogP contribution is 2.32. The van der Waals surface area contributed by atoms with Crippen LogP contribution in [0.15, 0.2) is 29.2 Å². The van der Waals surface area contributed by atoms with Gasteiger partial charge in [0.2, 0.25) is 0 Å². The van der Waals surface area contributed by atoms with Gasteiger partial charge in [-0.25, -0.2) is 0 Å². The molecule has 1 saturated heterocycles. The zero-order valence-corrected chi connectivity index (χ0v) is 8.87. The van der Waals surface area contributed by atoms with E-state index < -0.39 is 0 Å². The SMILES string of the molecule is Clc1ccccc1SC1CCCN1. The Bertz CT molecular complexity index is 284. The van der Waals surface area contributed by atoms with Crippen LogP contribution < -0.4 is 5.32 Å². The topological polar surface area (TPSA) is 12.0 Å². The Hall–Kier alpha value is -0.180. The molecule has 0 spiro atoms. The summed E-state index contributed by atoms with van der Waals surface area (Å²) in [6, 6.07) is 8.02. The molecule has 0 radical (unpaired) electrons. The average molecular weight is 214 g/mol. The van der Waals surface area contributed by atoms with Gasteiger partial charge in [0.05, 0.1) is 10.4 Å². The maximum atomic E-state index is 6.05. The lowest BCUT2D eigenvalue weighted by atomic mass is 10.4. The van der Waals surface area contributed by atoms with Gasteiger partial charge < -0.3 is 5.32 Å². The second-order valence-electron chi connectivity index (χ2n) is 3.13. The predicted molar refractivity (Wildman–Crippen MR) is 58.3 cm³/mol. The van der Waals surface area contributed by atoms with Gasteiger partial charge in [-0.3, -0.25) is 0 Å². The van der Waals surface area contributed by atoms with Gasteiger partial charge in [0.25, 0.3) is 0 Å². The fraction of sp³-hybridized carbons (Fsp3) is 0.400. The molecule has 1 nitrogen and oxygen atoms in total. The Morgan fingerprint density at radius 1 is 1.38 bits per heavy atom. The van der Waals surface area contributed by atoms with Crippen LogP contribution in [0.5, 0.6) is 0 Å². The van der Waals surface area contributed by atoms with E-state index in [9.17, 15) is 0 Å². The van der Waals surface area contributed by atoms with E-state index in [2.05, 4.69) is 11.4 Å². The van der Waals surface area contributed by atoms with Crippen molar-refractivity contribution in [1.29, 1.82) is 0 Å². The summed E-state index contributed by atoms with van der Waals surface area (Å²) in [5, 5.41) is 4.85. The minimum atomic E-state index is 0.555. The van der Waals surface area contributed by atoms with Gasteiger partial charge in [-0.1, -0.05) is 23.7 Å². The van der Waals surface area contributed by atoms with E-state index in [0.29, 0.717) is 5.37 Å². The molecule has 0 aromatic heterocycles. The molecule has 0 aliphatic carbocycles. The number of benzene rings is 1. The van der Waals surface area contributed by atoms with E-state index in [0.717, 1.165) is 11.6 Å². The summed E-state index contributed by atoms with van der Waals surface area (Å²) in [6.07, 6.45) is 2.53. The van der Waals surface area contributed by atoms with E-state index in [1.54, 1.807) is 0 Å². The fourth-order valence-corrected chi connectivity index (χ4v) is 2.85. The van der Waals surface area contributed by atoms with Crippen molar-refractivity contribution in [2.45, 2.75) is 23.1 Å². The molecule has 0 saturated carbocycles. The molecule has 70 valence electrons. The Morgan fingerprint density at radius 2 is 2.23 bits per heavy atom. The summed E-state index contributed by atoms with van der Waals surface area (Å²) in [4.78, 5) is 1.18. The van der Waals surface area contributed by atoms with Crippen LogP contribution >= 0.6 is 23.4 Å². The normalized spacial score (nSPS) is 22.1. The molecule has 2 rings (SSSR count). The minimum Gasteiger partial charge on any atom is -0.305 e. The smallest absolute Gasteiger partial charge is 0.0580 e. The average Bonchev–Trinajstić information content (AvgIpc) is 2.61. The van der Waals surface area contributed by atoms with E-state index >= 15 is 0 Å². The molecule has 13 heavy (non-hydrogen) atoms. The maximum Gasteiger partial charge on any atom is 0.0580 e. The molecule has 1 unspecified atom stereocenters. The Balaban J connectivity index is 2.04. The van der Waals surface area contributed by atoms with Gasteiger partial charge in [-0.15, -0.1) is 11.8 Å². The Labute approximate surface area is 87.9 Å². The zero-order valence-electron chi connectivity index (χ0n) is 7.29. The molecular weight excluding hydrogens is 202 g/mol. The van der Waals surface area contributed by atoms with E-state index in [1.165, 1.54) is 17.7 Å². The van der Waals surface area contributed by atoms with E-state index in [4.69, 9.17) is 11.6 Å². The molecule has 1 aromatic carbocycles. The second kappa shape index (κ2) is 4.36. The van der Waals surface area contributed by atoms with Crippen molar-refractivity contribution in [2.24, 2.45) is 0 Å². The van der Waals surface area contributed by atoms with Gasteiger partial charge in [-0.05, 0) is 31.5 Å². The van der Waals surface area contributed by atoms with Crippen molar-refractivity contribution >= 4 is 23.4 Å². The van der Waals surface area contributed by atoms with Crippen molar-refractivity contribution in [3.63, 3.8) is 0 Å². The van der Waals surface area contributed by atoms with Gasteiger partial charge in [-0.2, -0.15) is 0 Å². The Kier molecular flexibility index (Phi) is 3.14. The van der Waals surface area contributed by atoms with Gasteiger partial charge in [0.15, 0.2) is 0 Å². The van der Waals surface area contributed by atoms with Crippen molar-refractivity contribution in [3.8, 4) is 0 Å². The summed E-state index contributed by atoms with van der Waals surface area (Å²) in [5.41, 5.74) is 0. The van der Waals surface area contributed by atoms with Crippen molar-refractivity contribution in [2.75, 3.05) is 6.54 Å². The highest BCUT2D eigenvalue weighted by atomic mass is 35.5. The van der Waals surface area contributed by atoms with Crippen LogP contribution in [0.1, 0.15) is 12.8 Å². The standard InChI is InChI=1S/C10H12ClNS/c11-8-4-1-2-5-9(8)13-10-6-3-7-12-10/h1-2,4-5,10,12H,3,6-7H2. The van der Waals surface area contributed by atoms with Gasteiger partial charge in [0.1, 0.15) is 0 Å². The van der Waals surface area contributed by atoms with Gasteiger partial charge in [0, 0.05) is 4.90 Å². The first-order valence-corrected chi connectivity index (χ1v) is 5.76. The van der Waals surface area contributed by atoms with Gasteiger partial charge >= 0.3 is 0 Å². The number of hydrogen-bond donors (Lipinski definition) is 1. The van der Waals surface area contributed by atoms with E-state index in [1.807, 2.05) is 30.0 Å². The third-order valence-corrected chi connectivity index (χ3v) is 3.86. The molecule has 0 bridgehead atoms. The van der Waals surface area contributed by atoms with Crippen LogP contribution in [0, 0.1) is 0 Å². The summed E-state index contributed by atoms with van der Waals surface area (Å²) in [6.45, 7) is 1.14. The highest BCUT2D eigenvalue weighted by Gasteiger charge is 2.15. The van der Waals surface area contributed by atoms with Crippen molar-refractivity contribution in [1.82, 2.24) is 5.32 Å². The maximum absolute atomic E-state index is 6.05. The van der Waals surface area contributed by atoms with E-state index in [-0.39, 0.29) is 0 Å². The first kappa shape index (κ1) is 9.38. The second-order valence-corrected chi connectivity index (χ2v) is 4.79. The highest BCUT2D eigenvalue weighted by molar-refractivity contribution is 8.00. The Morgan fingerprint density at radius 3 is 2.92 bits per heavy atom. The fourth-order valence-electron chi connectivity index (χ4n) is 1.45. The summed E-state index contributed by atoms with van der Waals surface area (Å²) >= 11 is 7.89. The molecular formula is C10H12ClNS. The molecule has 1 aromatic rings. The van der Waals surface area contributed by atoms with Crippen LogP contribution in [-0.4, -0.2) is 11.9 Å². The molecule has 1 heterocycles. The first-order chi connectivity index (χ1) is 6.36. The summed E-state index contributed by atoms with van der Waals surface area (Å²) in [5.74, 6) is 0. The summed E-state index contributed by atoms with van der Waals surface area (Å²) < 4.78 is 0. The summed E-state index contributed by atoms with van der Waals surface area (Å²) in [7, 11) is 0. The molecule has 1 fully saturated rings. The zero-order chi connectivity index (χ0) is 9.10. The largest absolute Gasteiger partial charge is 0.305 e. The predicted octanol–water partition coefficient (Wildman–Crippen LogP) is 3.14. The molecule has 1 aliphatic heterocycles. The third-order valence-electron chi connectivity index (χ3n) is 2.12. The molecule has 0 amide bonds. The molecule has 1 aliphatic rings. The minimum absolute atomic E-state index is 0.555. The lowest BCUT2D eigenvalue weighted by Crippen LogP contribution is -2.16. The molecule has 3 heteroatoms. The van der Waals surface area contributed by atoms with Crippen LogP contribution in [0.2, 0.25) is 5.02 Å². The number of thioether (sulfide) groups is 1. The first-order valence-electron chi connectivity index (χ1n) is 4.51. The monoisotopic (exact) mass is 213 g/mol. The number of rotatable bonds is 2. The van der Waals surface area contributed by atoms with Crippen LogP contribution in [0.25, 0.3) is 0 Å². The van der Waals surface area contributed by atoms with Crippen molar-refractivity contribution in [3.05, 3.63) is 29.3 Å². The number of hydrogen-bond acceptors (Lipinski definition) is 2. The lowest BCUT2D eigenvalue weighted by molar-refractivity contribution is 0.806.